The molecule has 0 radical (unpaired) electrons. The maximum atomic E-state index is 9.25. The molecule has 1 atom stereocenters. The van der Waals surface area contributed by atoms with Crippen molar-refractivity contribution in [1.82, 2.24) is 0 Å². The molecule has 0 aromatic rings. The predicted octanol–water partition coefficient (Wildman–Crippen LogP) is 2.18. The van der Waals surface area contributed by atoms with Gasteiger partial charge in [0.1, 0.15) is 5.54 Å². The SMILES string of the molecule is CC(C)(C)CCC1(CO)C=CC=N1. The van der Waals surface area contributed by atoms with E-state index < -0.39 is 0 Å². The Morgan fingerprint density at radius 3 is 2.46 bits per heavy atom. The van der Waals surface area contributed by atoms with E-state index in [2.05, 4.69) is 25.8 Å². The lowest BCUT2D eigenvalue weighted by molar-refractivity contribution is 0.205. The van der Waals surface area contributed by atoms with Crippen molar-refractivity contribution in [1.29, 1.82) is 0 Å². The van der Waals surface area contributed by atoms with Gasteiger partial charge in [-0.2, -0.15) is 0 Å². The summed E-state index contributed by atoms with van der Waals surface area (Å²) in [6.45, 7) is 6.75. The van der Waals surface area contributed by atoms with Gasteiger partial charge in [-0.3, -0.25) is 4.99 Å². The first kappa shape index (κ1) is 10.5. The highest BCUT2D eigenvalue weighted by atomic mass is 16.3. The van der Waals surface area contributed by atoms with Gasteiger partial charge in [0.15, 0.2) is 0 Å². The van der Waals surface area contributed by atoms with Crippen molar-refractivity contribution >= 4 is 6.21 Å². The number of nitrogens with zero attached hydrogens (tertiary/aromatic N) is 1. The zero-order valence-corrected chi connectivity index (χ0v) is 8.75. The molecule has 2 nitrogen and oxygen atoms in total. The molecule has 0 aromatic heterocycles. The molecule has 1 unspecified atom stereocenters. The standard InChI is InChI=1S/C11H19NO/c1-10(2,3)6-7-11(9-13)5-4-8-12-11/h4-5,8,13H,6-7,9H2,1-3H3. The molecular formula is C11H19NO. The molecule has 1 aliphatic heterocycles. The molecule has 0 aromatic carbocycles. The van der Waals surface area contributed by atoms with E-state index in [1.165, 1.54) is 0 Å². The lowest BCUT2D eigenvalue weighted by Gasteiger charge is -2.26. The maximum Gasteiger partial charge on any atom is 0.102 e. The van der Waals surface area contributed by atoms with Gasteiger partial charge in [-0.05, 0) is 24.3 Å². The average Bonchev–Trinajstić information content (AvgIpc) is 2.49. The first-order valence-corrected chi connectivity index (χ1v) is 4.81. The lowest BCUT2D eigenvalue weighted by atomic mass is 9.84. The van der Waals surface area contributed by atoms with Crippen LogP contribution in [0, 0.1) is 5.41 Å². The molecule has 0 saturated carbocycles. The van der Waals surface area contributed by atoms with E-state index >= 15 is 0 Å². The van der Waals surface area contributed by atoms with Crippen molar-refractivity contribution in [3.8, 4) is 0 Å². The summed E-state index contributed by atoms with van der Waals surface area (Å²) in [4.78, 5) is 4.30. The monoisotopic (exact) mass is 181 g/mol. The number of aliphatic hydroxyl groups is 1. The highest BCUT2D eigenvalue weighted by Crippen LogP contribution is 2.29. The number of aliphatic hydroxyl groups excluding tert-OH is 1. The minimum Gasteiger partial charge on any atom is -0.394 e. The third kappa shape index (κ3) is 2.96. The van der Waals surface area contributed by atoms with Crippen LogP contribution in [0.1, 0.15) is 33.6 Å². The number of aliphatic imine (C=N–C) groups is 1. The second-order valence-electron chi connectivity index (χ2n) is 4.96. The molecule has 1 N–H and O–H groups in total. The van der Waals surface area contributed by atoms with E-state index in [0.717, 1.165) is 12.8 Å². The molecule has 74 valence electrons. The van der Waals surface area contributed by atoms with Gasteiger partial charge in [-0.1, -0.05) is 26.8 Å². The minimum absolute atomic E-state index is 0.121. The fourth-order valence-corrected chi connectivity index (χ4v) is 1.37. The van der Waals surface area contributed by atoms with Crippen LogP contribution in [-0.4, -0.2) is 23.5 Å². The van der Waals surface area contributed by atoms with Gasteiger partial charge in [0.05, 0.1) is 6.61 Å². The van der Waals surface area contributed by atoms with Crippen LogP contribution in [0.3, 0.4) is 0 Å². The van der Waals surface area contributed by atoms with Crippen LogP contribution < -0.4 is 0 Å². The second kappa shape index (κ2) is 3.62. The van der Waals surface area contributed by atoms with Crippen molar-refractivity contribution in [3.63, 3.8) is 0 Å². The van der Waals surface area contributed by atoms with Crippen molar-refractivity contribution in [3.05, 3.63) is 12.2 Å². The Morgan fingerprint density at radius 2 is 2.08 bits per heavy atom. The van der Waals surface area contributed by atoms with Crippen LogP contribution in [0.15, 0.2) is 17.1 Å². The fourth-order valence-electron chi connectivity index (χ4n) is 1.37. The molecule has 1 aliphatic rings. The first-order chi connectivity index (χ1) is 5.97. The van der Waals surface area contributed by atoms with Crippen molar-refractivity contribution < 1.29 is 5.11 Å². The van der Waals surface area contributed by atoms with Gasteiger partial charge in [0.2, 0.25) is 0 Å². The lowest BCUT2D eigenvalue weighted by Crippen LogP contribution is -2.28. The molecule has 0 bridgehead atoms. The molecule has 0 amide bonds. The van der Waals surface area contributed by atoms with Crippen LogP contribution >= 0.6 is 0 Å². The number of allylic oxidation sites excluding steroid dienone is 1. The van der Waals surface area contributed by atoms with Gasteiger partial charge in [0, 0.05) is 6.21 Å². The smallest absolute Gasteiger partial charge is 0.102 e. The quantitative estimate of drug-likeness (QED) is 0.711. The summed E-state index contributed by atoms with van der Waals surface area (Å²) in [7, 11) is 0. The van der Waals surface area contributed by atoms with E-state index in [9.17, 15) is 5.11 Å². The van der Waals surface area contributed by atoms with Gasteiger partial charge >= 0.3 is 0 Å². The van der Waals surface area contributed by atoms with Gasteiger partial charge in [-0.15, -0.1) is 0 Å². The summed E-state index contributed by atoms with van der Waals surface area (Å²) in [5.41, 5.74) is 0.00139. The summed E-state index contributed by atoms with van der Waals surface area (Å²) in [5.74, 6) is 0. The highest BCUT2D eigenvalue weighted by Gasteiger charge is 2.28. The van der Waals surface area contributed by atoms with Crippen molar-refractivity contribution in [2.75, 3.05) is 6.61 Å². The zero-order valence-electron chi connectivity index (χ0n) is 8.75. The molecule has 13 heavy (non-hydrogen) atoms. The number of hydrogen-bond acceptors (Lipinski definition) is 2. The summed E-state index contributed by atoms with van der Waals surface area (Å²) < 4.78 is 0. The molecule has 0 saturated heterocycles. The average molecular weight is 181 g/mol. The van der Waals surface area contributed by atoms with Crippen LogP contribution in [-0.2, 0) is 0 Å². The molecule has 1 rings (SSSR count). The summed E-state index contributed by atoms with van der Waals surface area (Å²) >= 11 is 0. The summed E-state index contributed by atoms with van der Waals surface area (Å²) in [6, 6.07) is 0. The zero-order chi connectivity index (χ0) is 9.95. The topological polar surface area (TPSA) is 32.6 Å². The Bertz CT molecular complexity index is 211. The normalized spacial score (nSPS) is 27.1. The van der Waals surface area contributed by atoms with Crippen molar-refractivity contribution in [2.24, 2.45) is 10.4 Å². The Labute approximate surface area is 80.4 Å². The Balaban J connectivity index is 2.51. The van der Waals surface area contributed by atoms with E-state index in [4.69, 9.17) is 0 Å². The largest absolute Gasteiger partial charge is 0.394 e. The van der Waals surface area contributed by atoms with Gasteiger partial charge in [0.25, 0.3) is 0 Å². The summed E-state index contributed by atoms with van der Waals surface area (Å²) in [5, 5.41) is 9.25. The van der Waals surface area contributed by atoms with E-state index in [1.807, 2.05) is 12.2 Å². The fraction of sp³-hybridized carbons (Fsp3) is 0.727. The first-order valence-electron chi connectivity index (χ1n) is 4.81. The van der Waals surface area contributed by atoms with Crippen LogP contribution in [0.5, 0.6) is 0 Å². The molecule has 0 spiro atoms. The summed E-state index contributed by atoms with van der Waals surface area (Å²) in [6.07, 6.45) is 7.70. The third-order valence-electron chi connectivity index (χ3n) is 2.41. The van der Waals surface area contributed by atoms with Crippen LogP contribution in [0.2, 0.25) is 0 Å². The Kier molecular flexibility index (Phi) is 2.91. The molecule has 0 fully saturated rings. The number of hydrogen-bond donors (Lipinski definition) is 1. The van der Waals surface area contributed by atoms with E-state index in [0.29, 0.717) is 5.41 Å². The predicted molar refractivity (Wildman–Crippen MR) is 56.1 cm³/mol. The van der Waals surface area contributed by atoms with Crippen LogP contribution in [0.25, 0.3) is 0 Å². The molecular weight excluding hydrogens is 162 g/mol. The molecule has 2 heteroatoms. The number of rotatable bonds is 3. The highest BCUT2D eigenvalue weighted by molar-refractivity contribution is 5.75. The third-order valence-corrected chi connectivity index (χ3v) is 2.41. The molecule has 0 aliphatic carbocycles. The minimum atomic E-state index is -0.312. The Hall–Kier alpha value is -0.630. The Morgan fingerprint density at radius 1 is 1.38 bits per heavy atom. The van der Waals surface area contributed by atoms with E-state index in [-0.39, 0.29) is 12.1 Å². The van der Waals surface area contributed by atoms with E-state index in [1.54, 1.807) is 6.21 Å². The molecule has 1 heterocycles. The second-order valence-corrected chi connectivity index (χ2v) is 4.96. The maximum absolute atomic E-state index is 9.25. The van der Waals surface area contributed by atoms with Gasteiger partial charge < -0.3 is 5.11 Å². The van der Waals surface area contributed by atoms with Gasteiger partial charge in [-0.25, -0.2) is 0 Å². The van der Waals surface area contributed by atoms with Crippen LogP contribution in [0.4, 0.5) is 0 Å². The van der Waals surface area contributed by atoms with Crippen molar-refractivity contribution in [2.45, 2.75) is 39.2 Å².